The number of hydrogen-bond acceptors (Lipinski definition) is 4. The first kappa shape index (κ1) is 17.2. The van der Waals surface area contributed by atoms with Crippen LogP contribution in [0.25, 0.3) is 0 Å². The number of carbonyl (C=O) groups is 2. The van der Waals surface area contributed by atoms with Gasteiger partial charge in [0.25, 0.3) is 0 Å². The van der Waals surface area contributed by atoms with Gasteiger partial charge < -0.3 is 15.4 Å². The zero-order chi connectivity index (χ0) is 15.7. The average molecular weight is 292 g/mol. The van der Waals surface area contributed by atoms with Gasteiger partial charge in [-0.2, -0.15) is 0 Å². The monoisotopic (exact) mass is 292 g/mol. The van der Waals surface area contributed by atoms with Crippen molar-refractivity contribution >= 4 is 11.7 Å². The Labute approximate surface area is 126 Å². The SMILES string of the molecule is CCOc1ccc(C(=O)C(C)NCCCNC(C)=O)cc1. The lowest BCUT2D eigenvalue weighted by Gasteiger charge is -2.13. The van der Waals surface area contributed by atoms with Gasteiger partial charge in [-0.05, 0) is 51.1 Å². The molecule has 1 unspecified atom stereocenters. The molecule has 1 atom stereocenters. The highest BCUT2D eigenvalue weighted by Crippen LogP contribution is 2.13. The molecule has 0 aliphatic rings. The van der Waals surface area contributed by atoms with Crippen LogP contribution in [0.1, 0.15) is 37.6 Å². The van der Waals surface area contributed by atoms with E-state index in [9.17, 15) is 9.59 Å². The van der Waals surface area contributed by atoms with Crippen LogP contribution >= 0.6 is 0 Å². The second-order valence-corrected chi connectivity index (χ2v) is 4.83. The number of ketones is 1. The van der Waals surface area contributed by atoms with Gasteiger partial charge in [-0.15, -0.1) is 0 Å². The smallest absolute Gasteiger partial charge is 0.216 e. The summed E-state index contributed by atoms with van der Waals surface area (Å²) >= 11 is 0. The van der Waals surface area contributed by atoms with Gasteiger partial charge in [-0.1, -0.05) is 0 Å². The summed E-state index contributed by atoms with van der Waals surface area (Å²) in [6, 6.07) is 6.92. The highest BCUT2D eigenvalue weighted by atomic mass is 16.5. The van der Waals surface area contributed by atoms with E-state index in [2.05, 4.69) is 10.6 Å². The average Bonchev–Trinajstić information content (AvgIpc) is 2.46. The van der Waals surface area contributed by atoms with Crippen LogP contribution in [0.15, 0.2) is 24.3 Å². The van der Waals surface area contributed by atoms with Crippen molar-refractivity contribution in [2.45, 2.75) is 33.2 Å². The Hall–Kier alpha value is -1.88. The van der Waals surface area contributed by atoms with Gasteiger partial charge in [0, 0.05) is 19.0 Å². The van der Waals surface area contributed by atoms with E-state index in [4.69, 9.17) is 4.74 Å². The standard InChI is InChI=1S/C16H24N2O3/c1-4-21-15-8-6-14(7-9-15)16(20)12(2)17-10-5-11-18-13(3)19/h6-9,12,17H,4-5,10-11H2,1-3H3,(H,18,19). The lowest BCUT2D eigenvalue weighted by atomic mass is 10.1. The minimum atomic E-state index is -0.250. The molecule has 1 aromatic carbocycles. The van der Waals surface area contributed by atoms with E-state index in [0.29, 0.717) is 25.3 Å². The first-order chi connectivity index (χ1) is 10.0. The van der Waals surface area contributed by atoms with Crippen LogP contribution in [0.5, 0.6) is 5.75 Å². The maximum Gasteiger partial charge on any atom is 0.216 e. The fraction of sp³-hybridized carbons (Fsp3) is 0.500. The van der Waals surface area contributed by atoms with Crippen LogP contribution in [0.4, 0.5) is 0 Å². The zero-order valence-corrected chi connectivity index (χ0v) is 12.9. The maximum absolute atomic E-state index is 12.2. The Bertz CT molecular complexity index is 457. The molecule has 0 aliphatic carbocycles. The third kappa shape index (κ3) is 6.40. The van der Waals surface area contributed by atoms with E-state index in [1.54, 1.807) is 24.3 Å². The minimum Gasteiger partial charge on any atom is -0.494 e. The summed E-state index contributed by atoms with van der Waals surface area (Å²) in [6.07, 6.45) is 0.792. The first-order valence-corrected chi connectivity index (χ1v) is 7.29. The molecule has 0 radical (unpaired) electrons. The first-order valence-electron chi connectivity index (χ1n) is 7.29. The molecule has 1 rings (SSSR count). The second-order valence-electron chi connectivity index (χ2n) is 4.83. The second kappa shape index (κ2) is 9.13. The Morgan fingerprint density at radius 1 is 1.19 bits per heavy atom. The topological polar surface area (TPSA) is 67.4 Å². The predicted molar refractivity (Wildman–Crippen MR) is 82.7 cm³/mol. The molecule has 2 N–H and O–H groups in total. The number of carbonyl (C=O) groups excluding carboxylic acids is 2. The van der Waals surface area contributed by atoms with E-state index in [0.717, 1.165) is 12.2 Å². The van der Waals surface area contributed by atoms with Crippen LogP contribution in [-0.4, -0.2) is 37.4 Å². The van der Waals surface area contributed by atoms with E-state index in [1.165, 1.54) is 6.92 Å². The molecule has 0 heterocycles. The van der Waals surface area contributed by atoms with Gasteiger partial charge in [-0.3, -0.25) is 9.59 Å². The largest absolute Gasteiger partial charge is 0.494 e. The van der Waals surface area contributed by atoms with Crippen molar-refractivity contribution in [1.29, 1.82) is 0 Å². The van der Waals surface area contributed by atoms with Crippen molar-refractivity contribution in [2.75, 3.05) is 19.7 Å². The third-order valence-corrected chi connectivity index (χ3v) is 3.02. The number of benzene rings is 1. The van der Waals surface area contributed by atoms with Crippen LogP contribution in [0, 0.1) is 0 Å². The van der Waals surface area contributed by atoms with E-state index >= 15 is 0 Å². The highest BCUT2D eigenvalue weighted by molar-refractivity contribution is 5.99. The van der Waals surface area contributed by atoms with Crippen molar-refractivity contribution in [1.82, 2.24) is 10.6 Å². The molecule has 0 spiro atoms. The van der Waals surface area contributed by atoms with Crippen LogP contribution in [-0.2, 0) is 4.79 Å². The number of Topliss-reactive ketones (excluding diaryl/α,β-unsaturated/α-hetero) is 1. The fourth-order valence-electron chi connectivity index (χ4n) is 1.90. The lowest BCUT2D eigenvalue weighted by molar-refractivity contribution is -0.118. The van der Waals surface area contributed by atoms with Crippen LogP contribution in [0.2, 0.25) is 0 Å². The van der Waals surface area contributed by atoms with Crippen molar-refractivity contribution < 1.29 is 14.3 Å². The van der Waals surface area contributed by atoms with Gasteiger partial charge >= 0.3 is 0 Å². The van der Waals surface area contributed by atoms with Crippen molar-refractivity contribution in [3.05, 3.63) is 29.8 Å². The molecule has 21 heavy (non-hydrogen) atoms. The van der Waals surface area contributed by atoms with Crippen molar-refractivity contribution in [2.24, 2.45) is 0 Å². The number of nitrogens with one attached hydrogen (secondary N) is 2. The summed E-state index contributed by atoms with van der Waals surface area (Å²) in [6.45, 7) is 7.17. The van der Waals surface area contributed by atoms with E-state index in [1.807, 2.05) is 13.8 Å². The Morgan fingerprint density at radius 3 is 2.43 bits per heavy atom. The van der Waals surface area contributed by atoms with Crippen LogP contribution in [0.3, 0.4) is 0 Å². The summed E-state index contributed by atoms with van der Waals surface area (Å²) in [5.41, 5.74) is 0.667. The normalized spacial score (nSPS) is 11.8. The molecular formula is C16H24N2O3. The zero-order valence-electron chi connectivity index (χ0n) is 12.9. The van der Waals surface area contributed by atoms with Crippen LogP contribution < -0.4 is 15.4 Å². The van der Waals surface area contributed by atoms with Gasteiger partial charge in [0.05, 0.1) is 12.6 Å². The molecule has 1 aromatic rings. The Morgan fingerprint density at radius 2 is 1.86 bits per heavy atom. The minimum absolute atomic E-state index is 0.0338. The molecule has 0 aromatic heterocycles. The number of rotatable bonds is 9. The molecule has 0 saturated heterocycles. The van der Waals surface area contributed by atoms with Crippen molar-refractivity contribution in [3.8, 4) is 5.75 Å². The number of amides is 1. The van der Waals surface area contributed by atoms with Gasteiger partial charge in [0.2, 0.25) is 5.91 Å². The summed E-state index contributed by atoms with van der Waals surface area (Å²) in [7, 11) is 0. The Balaban J connectivity index is 2.37. The Kier molecular flexibility index (Phi) is 7.46. The highest BCUT2D eigenvalue weighted by Gasteiger charge is 2.14. The molecule has 0 bridgehead atoms. The number of ether oxygens (including phenoxy) is 1. The molecule has 1 amide bonds. The summed E-state index contributed by atoms with van der Waals surface area (Å²) in [5.74, 6) is 0.788. The number of hydrogen-bond donors (Lipinski definition) is 2. The predicted octanol–water partition coefficient (Wildman–Crippen LogP) is 1.77. The van der Waals surface area contributed by atoms with Gasteiger partial charge in [-0.25, -0.2) is 0 Å². The fourth-order valence-corrected chi connectivity index (χ4v) is 1.90. The molecular weight excluding hydrogens is 268 g/mol. The molecule has 0 aliphatic heterocycles. The summed E-state index contributed by atoms with van der Waals surface area (Å²) in [4.78, 5) is 22.9. The quantitative estimate of drug-likeness (QED) is 0.538. The van der Waals surface area contributed by atoms with E-state index in [-0.39, 0.29) is 17.7 Å². The lowest BCUT2D eigenvalue weighted by Crippen LogP contribution is -2.36. The molecule has 5 heteroatoms. The molecule has 5 nitrogen and oxygen atoms in total. The summed E-state index contributed by atoms with van der Waals surface area (Å²) in [5, 5.41) is 5.88. The van der Waals surface area contributed by atoms with Gasteiger partial charge in [0.1, 0.15) is 5.75 Å². The molecule has 116 valence electrons. The molecule has 0 fully saturated rings. The summed E-state index contributed by atoms with van der Waals surface area (Å²) < 4.78 is 5.35. The maximum atomic E-state index is 12.2. The van der Waals surface area contributed by atoms with E-state index < -0.39 is 0 Å². The third-order valence-electron chi connectivity index (χ3n) is 3.02. The van der Waals surface area contributed by atoms with Crippen molar-refractivity contribution in [3.63, 3.8) is 0 Å². The van der Waals surface area contributed by atoms with Gasteiger partial charge in [0.15, 0.2) is 5.78 Å². The molecule has 0 saturated carbocycles.